The average molecular weight is 156 g/mol. The maximum atomic E-state index is 10.8. The number of cyclic esters (lactones) is 1. The Kier molecular flexibility index (Phi) is 1.66. The highest BCUT2D eigenvalue weighted by Gasteiger charge is 2.37. The van der Waals surface area contributed by atoms with Crippen LogP contribution in [0.4, 0.5) is 0 Å². The van der Waals surface area contributed by atoms with Crippen LogP contribution in [0.25, 0.3) is 0 Å². The first-order valence-corrected chi connectivity index (χ1v) is 3.48. The van der Waals surface area contributed by atoms with Gasteiger partial charge in [-0.2, -0.15) is 0 Å². The third-order valence-corrected chi connectivity index (χ3v) is 1.40. The smallest absolute Gasteiger partial charge is 0.376 e. The van der Waals surface area contributed by atoms with Crippen LogP contribution in [-0.4, -0.2) is 12.3 Å². The Morgan fingerprint density at radius 2 is 1.91 bits per heavy atom. The van der Waals surface area contributed by atoms with Crippen molar-refractivity contribution in [3.63, 3.8) is 0 Å². The van der Waals surface area contributed by atoms with Gasteiger partial charge in [0.2, 0.25) is 12.0 Å². The minimum atomic E-state index is -0.484. The Hall–Kier alpha value is -0.990. The molecule has 1 atom stereocenters. The number of carbonyl (C=O) groups is 1. The van der Waals surface area contributed by atoms with E-state index < -0.39 is 12.3 Å². The second kappa shape index (κ2) is 2.26. The van der Waals surface area contributed by atoms with Gasteiger partial charge in [0, 0.05) is 5.41 Å². The van der Waals surface area contributed by atoms with Crippen molar-refractivity contribution in [3.8, 4) is 0 Å². The van der Waals surface area contributed by atoms with Gasteiger partial charge >= 0.3 is 5.97 Å². The topological polar surface area (TPSA) is 35.5 Å². The van der Waals surface area contributed by atoms with Crippen molar-refractivity contribution in [2.24, 2.45) is 5.41 Å². The largest absolute Gasteiger partial charge is 0.447 e. The van der Waals surface area contributed by atoms with Crippen LogP contribution in [0.3, 0.4) is 0 Å². The molecule has 11 heavy (non-hydrogen) atoms. The Bertz CT molecular complexity index is 184. The molecule has 0 amide bonds. The normalized spacial score (nSPS) is 24.8. The van der Waals surface area contributed by atoms with Gasteiger partial charge in [0.25, 0.3) is 0 Å². The Balaban J connectivity index is 2.68. The number of carbonyl (C=O) groups excluding carboxylic acids is 1. The highest BCUT2D eigenvalue weighted by molar-refractivity contribution is 5.87. The van der Waals surface area contributed by atoms with Crippen LogP contribution in [-0.2, 0) is 14.3 Å². The summed E-state index contributed by atoms with van der Waals surface area (Å²) < 4.78 is 9.95. The highest BCUT2D eigenvalue weighted by atomic mass is 16.7. The van der Waals surface area contributed by atoms with E-state index in [0.717, 1.165) is 0 Å². The molecule has 1 aliphatic rings. The molecule has 1 aliphatic heterocycles. The first-order chi connectivity index (χ1) is 4.91. The van der Waals surface area contributed by atoms with E-state index in [4.69, 9.17) is 9.47 Å². The van der Waals surface area contributed by atoms with Gasteiger partial charge in [-0.15, -0.1) is 0 Å². The molecule has 0 saturated carbocycles. The predicted octanol–water partition coefficient (Wildman–Crippen LogP) is 1.45. The van der Waals surface area contributed by atoms with Crippen LogP contribution < -0.4 is 0 Å². The van der Waals surface area contributed by atoms with E-state index in [1.807, 2.05) is 20.8 Å². The molecular weight excluding hydrogens is 144 g/mol. The molecule has 1 fully saturated rings. The second-order valence-corrected chi connectivity index (χ2v) is 3.64. The lowest BCUT2D eigenvalue weighted by molar-refractivity contribution is -0.154. The molecule has 1 saturated heterocycles. The molecule has 0 N–H and O–H groups in total. The molecule has 0 aromatic rings. The van der Waals surface area contributed by atoms with Gasteiger partial charge in [0.05, 0.1) is 0 Å². The molecule has 1 rings (SSSR count). The average Bonchev–Trinajstić information content (AvgIpc) is 2.11. The minimum absolute atomic E-state index is 0.102. The highest BCUT2D eigenvalue weighted by Crippen LogP contribution is 2.30. The zero-order valence-corrected chi connectivity index (χ0v) is 7.01. The van der Waals surface area contributed by atoms with E-state index in [0.29, 0.717) is 0 Å². The van der Waals surface area contributed by atoms with E-state index in [9.17, 15) is 4.79 Å². The van der Waals surface area contributed by atoms with E-state index in [-0.39, 0.29) is 11.2 Å². The molecule has 3 heteroatoms. The number of ether oxygens (including phenoxy) is 2. The monoisotopic (exact) mass is 156 g/mol. The number of rotatable bonds is 0. The lowest BCUT2D eigenvalue weighted by atomic mass is 9.96. The fourth-order valence-corrected chi connectivity index (χ4v) is 0.718. The second-order valence-electron chi connectivity index (χ2n) is 3.64. The Morgan fingerprint density at radius 3 is 2.09 bits per heavy atom. The van der Waals surface area contributed by atoms with Gasteiger partial charge in [-0.25, -0.2) is 4.79 Å². The Labute approximate surface area is 66.0 Å². The summed E-state index contributed by atoms with van der Waals surface area (Å²) in [5.74, 6) is -0.352. The van der Waals surface area contributed by atoms with Gasteiger partial charge in [0.15, 0.2) is 0 Å². The predicted molar refractivity (Wildman–Crippen MR) is 39.6 cm³/mol. The third-order valence-electron chi connectivity index (χ3n) is 1.40. The molecule has 0 unspecified atom stereocenters. The van der Waals surface area contributed by atoms with Crippen LogP contribution in [0, 0.1) is 5.41 Å². The Morgan fingerprint density at radius 1 is 1.36 bits per heavy atom. The zero-order chi connectivity index (χ0) is 8.65. The van der Waals surface area contributed by atoms with Crippen molar-refractivity contribution >= 4 is 5.97 Å². The quantitative estimate of drug-likeness (QED) is 0.393. The van der Waals surface area contributed by atoms with Gasteiger partial charge in [-0.1, -0.05) is 20.8 Å². The number of hydrogen-bond donors (Lipinski definition) is 0. The lowest BCUT2D eigenvalue weighted by Crippen LogP contribution is -2.26. The summed E-state index contributed by atoms with van der Waals surface area (Å²) in [6.07, 6.45) is -0.484. The lowest BCUT2D eigenvalue weighted by Gasteiger charge is -2.23. The number of esters is 1. The summed E-state index contributed by atoms with van der Waals surface area (Å²) in [5.41, 5.74) is -0.185. The van der Waals surface area contributed by atoms with Crippen LogP contribution in [0.5, 0.6) is 0 Å². The fraction of sp³-hybridized carbons (Fsp3) is 0.625. The van der Waals surface area contributed by atoms with Crippen molar-refractivity contribution in [2.75, 3.05) is 0 Å². The molecular formula is C8H12O3. The van der Waals surface area contributed by atoms with Crippen LogP contribution in [0.2, 0.25) is 0 Å². The molecule has 3 nitrogen and oxygen atoms in total. The summed E-state index contributed by atoms with van der Waals surface area (Å²) in [4.78, 5) is 10.8. The summed E-state index contributed by atoms with van der Waals surface area (Å²) >= 11 is 0. The van der Waals surface area contributed by atoms with E-state index >= 15 is 0 Å². The molecule has 0 radical (unpaired) electrons. The molecule has 0 aliphatic carbocycles. The van der Waals surface area contributed by atoms with Crippen molar-refractivity contribution in [1.82, 2.24) is 0 Å². The van der Waals surface area contributed by atoms with Crippen molar-refractivity contribution in [3.05, 3.63) is 12.3 Å². The first-order valence-electron chi connectivity index (χ1n) is 3.48. The van der Waals surface area contributed by atoms with Crippen LogP contribution >= 0.6 is 0 Å². The van der Waals surface area contributed by atoms with Gasteiger partial charge < -0.3 is 9.47 Å². The number of hydrogen-bond acceptors (Lipinski definition) is 3. The van der Waals surface area contributed by atoms with E-state index in [2.05, 4.69) is 6.58 Å². The molecule has 0 aromatic heterocycles. The molecule has 62 valence electrons. The summed E-state index contributed by atoms with van der Waals surface area (Å²) in [6.45, 7) is 9.20. The van der Waals surface area contributed by atoms with Crippen LogP contribution in [0.1, 0.15) is 20.8 Å². The maximum Gasteiger partial charge on any atom is 0.376 e. The standard InChI is InChI=1S/C8H12O3/c1-5-6(9)11-7(10-5)8(2,3)4/h7H,1H2,2-4H3/t7-/m1/s1. The van der Waals surface area contributed by atoms with Crippen molar-refractivity contribution < 1.29 is 14.3 Å². The van der Waals surface area contributed by atoms with Crippen molar-refractivity contribution in [1.29, 1.82) is 0 Å². The van der Waals surface area contributed by atoms with Crippen LogP contribution in [0.15, 0.2) is 12.3 Å². The van der Waals surface area contributed by atoms with Gasteiger partial charge in [0.1, 0.15) is 0 Å². The summed E-state index contributed by atoms with van der Waals surface area (Å²) in [6, 6.07) is 0. The molecule has 0 spiro atoms. The third kappa shape index (κ3) is 1.53. The summed E-state index contributed by atoms with van der Waals surface area (Å²) in [7, 11) is 0. The maximum absolute atomic E-state index is 10.8. The molecule has 1 heterocycles. The molecule has 0 bridgehead atoms. The van der Waals surface area contributed by atoms with Crippen molar-refractivity contribution in [2.45, 2.75) is 27.1 Å². The minimum Gasteiger partial charge on any atom is -0.447 e. The van der Waals surface area contributed by atoms with E-state index in [1.54, 1.807) is 0 Å². The first kappa shape index (κ1) is 8.11. The summed E-state index contributed by atoms with van der Waals surface area (Å²) in [5, 5.41) is 0. The molecule has 0 aromatic carbocycles. The fourth-order valence-electron chi connectivity index (χ4n) is 0.718. The van der Waals surface area contributed by atoms with Gasteiger partial charge in [-0.05, 0) is 6.58 Å². The zero-order valence-electron chi connectivity index (χ0n) is 7.01. The van der Waals surface area contributed by atoms with E-state index in [1.165, 1.54) is 0 Å². The van der Waals surface area contributed by atoms with Gasteiger partial charge in [-0.3, -0.25) is 0 Å². The SMILES string of the molecule is C=C1O[C@@H](C(C)(C)C)OC1=O.